The number of halogens is 2. The standard InChI is InChI=1S/C5H13N3.2ClH/c1-3-8(4-2)5(6)7;;/h3-4H2,1-2H3,(H3,6,7);2*1H. The van der Waals surface area contributed by atoms with Crippen LogP contribution in [0.15, 0.2) is 0 Å². The summed E-state index contributed by atoms with van der Waals surface area (Å²) in [4.78, 5) is 1.78. The topological polar surface area (TPSA) is 53.1 Å². The Balaban J connectivity index is -0.000000245. The molecule has 0 fully saturated rings. The van der Waals surface area contributed by atoms with Crippen LogP contribution in [0, 0.1) is 5.41 Å². The Morgan fingerprint density at radius 2 is 1.60 bits per heavy atom. The van der Waals surface area contributed by atoms with Gasteiger partial charge in [0.05, 0.1) is 0 Å². The highest BCUT2D eigenvalue weighted by molar-refractivity contribution is 5.85. The van der Waals surface area contributed by atoms with E-state index in [4.69, 9.17) is 11.1 Å². The maximum Gasteiger partial charge on any atom is 0.188 e. The van der Waals surface area contributed by atoms with Crippen molar-refractivity contribution in [1.29, 1.82) is 5.41 Å². The first-order chi connectivity index (χ1) is 3.72. The van der Waals surface area contributed by atoms with Crippen LogP contribution in [0.2, 0.25) is 0 Å². The number of nitrogens with one attached hydrogen (secondary N) is 1. The first kappa shape index (κ1) is 16.4. The second-order valence-electron chi connectivity index (χ2n) is 1.56. The molecule has 0 aliphatic carbocycles. The number of nitrogens with zero attached hydrogens (tertiary/aromatic N) is 1. The van der Waals surface area contributed by atoms with E-state index in [1.165, 1.54) is 0 Å². The molecule has 0 saturated carbocycles. The van der Waals surface area contributed by atoms with Crippen molar-refractivity contribution in [2.24, 2.45) is 5.73 Å². The lowest BCUT2D eigenvalue weighted by Crippen LogP contribution is -2.35. The van der Waals surface area contributed by atoms with E-state index < -0.39 is 0 Å². The largest absolute Gasteiger partial charge is 0.370 e. The Hall–Kier alpha value is -0.150. The van der Waals surface area contributed by atoms with Gasteiger partial charge in [-0.15, -0.1) is 24.8 Å². The molecule has 0 aliphatic rings. The predicted molar refractivity (Wildman–Crippen MR) is 49.3 cm³/mol. The lowest BCUT2D eigenvalue weighted by Gasteiger charge is -2.16. The molecule has 3 nitrogen and oxygen atoms in total. The molecule has 0 heterocycles. The first-order valence-electron chi connectivity index (χ1n) is 2.81. The van der Waals surface area contributed by atoms with Gasteiger partial charge in [-0.05, 0) is 13.8 Å². The summed E-state index contributed by atoms with van der Waals surface area (Å²) in [5.41, 5.74) is 5.17. The SMILES string of the molecule is CCN(CC)C(=N)N.Cl.Cl. The van der Waals surface area contributed by atoms with Crippen LogP contribution in [-0.4, -0.2) is 23.9 Å². The Kier molecular flexibility index (Phi) is 14.6. The third-order valence-electron chi connectivity index (χ3n) is 1.10. The van der Waals surface area contributed by atoms with E-state index in [0.717, 1.165) is 13.1 Å². The lowest BCUT2D eigenvalue weighted by molar-refractivity contribution is 0.457. The summed E-state index contributed by atoms with van der Waals surface area (Å²) in [5, 5.41) is 6.96. The third kappa shape index (κ3) is 5.98. The van der Waals surface area contributed by atoms with Crippen LogP contribution >= 0.6 is 24.8 Å². The van der Waals surface area contributed by atoms with Crippen LogP contribution in [0.1, 0.15) is 13.8 Å². The molecule has 0 aromatic rings. The average molecular weight is 188 g/mol. The van der Waals surface area contributed by atoms with E-state index >= 15 is 0 Å². The van der Waals surface area contributed by atoms with Crippen molar-refractivity contribution < 1.29 is 0 Å². The quantitative estimate of drug-likeness (QED) is 0.503. The zero-order valence-electron chi connectivity index (χ0n) is 6.26. The van der Waals surface area contributed by atoms with E-state index in [1.807, 2.05) is 13.8 Å². The maximum atomic E-state index is 6.96. The van der Waals surface area contributed by atoms with Crippen LogP contribution < -0.4 is 5.73 Å². The van der Waals surface area contributed by atoms with Gasteiger partial charge in [-0.25, -0.2) is 0 Å². The summed E-state index contributed by atoms with van der Waals surface area (Å²) >= 11 is 0. The normalized spacial score (nSPS) is 7.00. The highest BCUT2D eigenvalue weighted by Gasteiger charge is 1.96. The van der Waals surface area contributed by atoms with Gasteiger partial charge in [0, 0.05) is 13.1 Å². The first-order valence-corrected chi connectivity index (χ1v) is 2.81. The summed E-state index contributed by atoms with van der Waals surface area (Å²) in [6.45, 7) is 5.60. The smallest absolute Gasteiger partial charge is 0.188 e. The highest BCUT2D eigenvalue weighted by atomic mass is 35.5. The minimum absolute atomic E-state index is 0. The minimum Gasteiger partial charge on any atom is -0.370 e. The van der Waals surface area contributed by atoms with Crippen LogP contribution in [0.25, 0.3) is 0 Å². The summed E-state index contributed by atoms with van der Waals surface area (Å²) < 4.78 is 0. The van der Waals surface area contributed by atoms with E-state index in [9.17, 15) is 0 Å². The Morgan fingerprint density at radius 1 is 1.30 bits per heavy atom. The van der Waals surface area contributed by atoms with Gasteiger partial charge in [0.25, 0.3) is 0 Å². The van der Waals surface area contributed by atoms with Gasteiger partial charge in [0.1, 0.15) is 0 Å². The number of rotatable bonds is 2. The van der Waals surface area contributed by atoms with Crippen molar-refractivity contribution in [3.8, 4) is 0 Å². The average Bonchev–Trinajstić information content (AvgIpc) is 1.69. The van der Waals surface area contributed by atoms with Crippen LogP contribution in [0.3, 0.4) is 0 Å². The Labute approximate surface area is 74.3 Å². The molecular weight excluding hydrogens is 173 g/mol. The molecule has 0 aliphatic heterocycles. The van der Waals surface area contributed by atoms with Crippen molar-refractivity contribution >= 4 is 30.8 Å². The molecular formula is C5H15Cl2N3. The number of nitrogens with two attached hydrogens (primary N) is 1. The summed E-state index contributed by atoms with van der Waals surface area (Å²) in [7, 11) is 0. The zero-order valence-corrected chi connectivity index (χ0v) is 7.89. The summed E-state index contributed by atoms with van der Waals surface area (Å²) in [5.74, 6) is 0.162. The third-order valence-corrected chi connectivity index (χ3v) is 1.10. The molecule has 0 aromatic carbocycles. The number of guanidine groups is 1. The molecule has 0 amide bonds. The molecule has 0 aromatic heterocycles. The Bertz CT molecular complexity index is 83.0. The van der Waals surface area contributed by atoms with E-state index in [1.54, 1.807) is 4.90 Å². The monoisotopic (exact) mass is 187 g/mol. The molecule has 0 bridgehead atoms. The van der Waals surface area contributed by atoms with E-state index in [-0.39, 0.29) is 30.8 Å². The van der Waals surface area contributed by atoms with Gasteiger partial charge in [0.15, 0.2) is 5.96 Å². The molecule has 0 rings (SSSR count). The van der Waals surface area contributed by atoms with Crippen LogP contribution in [-0.2, 0) is 0 Å². The number of hydrogen-bond acceptors (Lipinski definition) is 1. The van der Waals surface area contributed by atoms with Crippen molar-refractivity contribution in [2.45, 2.75) is 13.8 Å². The fourth-order valence-electron chi connectivity index (χ4n) is 0.564. The fraction of sp³-hybridized carbons (Fsp3) is 0.800. The van der Waals surface area contributed by atoms with Gasteiger partial charge in [0.2, 0.25) is 0 Å². The molecule has 10 heavy (non-hydrogen) atoms. The molecule has 5 heteroatoms. The molecule has 0 radical (unpaired) electrons. The van der Waals surface area contributed by atoms with Gasteiger partial charge in [-0.1, -0.05) is 0 Å². The van der Waals surface area contributed by atoms with Crippen LogP contribution in [0.4, 0.5) is 0 Å². The molecule has 3 N–H and O–H groups in total. The van der Waals surface area contributed by atoms with Gasteiger partial charge in [-0.2, -0.15) is 0 Å². The second-order valence-corrected chi connectivity index (χ2v) is 1.56. The van der Waals surface area contributed by atoms with Gasteiger partial charge < -0.3 is 10.6 Å². The van der Waals surface area contributed by atoms with E-state index in [0.29, 0.717) is 0 Å². The van der Waals surface area contributed by atoms with Crippen molar-refractivity contribution in [1.82, 2.24) is 4.90 Å². The molecule has 0 unspecified atom stereocenters. The fourth-order valence-corrected chi connectivity index (χ4v) is 0.564. The van der Waals surface area contributed by atoms with E-state index in [2.05, 4.69) is 0 Å². The molecule has 0 saturated heterocycles. The van der Waals surface area contributed by atoms with Crippen molar-refractivity contribution in [3.05, 3.63) is 0 Å². The summed E-state index contributed by atoms with van der Waals surface area (Å²) in [6.07, 6.45) is 0. The molecule has 0 spiro atoms. The van der Waals surface area contributed by atoms with Crippen molar-refractivity contribution in [2.75, 3.05) is 13.1 Å². The highest BCUT2D eigenvalue weighted by Crippen LogP contribution is 1.81. The second kappa shape index (κ2) is 8.85. The van der Waals surface area contributed by atoms with Crippen molar-refractivity contribution in [3.63, 3.8) is 0 Å². The van der Waals surface area contributed by atoms with Gasteiger partial charge >= 0.3 is 0 Å². The number of hydrogen-bond donors (Lipinski definition) is 2. The summed E-state index contributed by atoms with van der Waals surface area (Å²) in [6, 6.07) is 0. The van der Waals surface area contributed by atoms with Gasteiger partial charge in [-0.3, -0.25) is 5.41 Å². The minimum atomic E-state index is 0. The maximum absolute atomic E-state index is 6.96. The Morgan fingerprint density at radius 3 is 1.60 bits per heavy atom. The van der Waals surface area contributed by atoms with Crippen LogP contribution in [0.5, 0.6) is 0 Å². The zero-order chi connectivity index (χ0) is 6.57. The lowest BCUT2D eigenvalue weighted by atomic mass is 10.5. The molecule has 64 valence electrons. The predicted octanol–water partition coefficient (Wildman–Crippen LogP) is 1.07. The molecule has 0 atom stereocenters.